The summed E-state index contributed by atoms with van der Waals surface area (Å²) in [6, 6.07) is 13.9. The van der Waals surface area contributed by atoms with E-state index in [1.54, 1.807) is 36.4 Å². The molecule has 0 aliphatic carbocycles. The Hall–Kier alpha value is -1.94. The molecule has 0 unspecified atom stereocenters. The highest BCUT2D eigenvalue weighted by atomic mass is 79.9. The molecule has 0 bridgehead atoms. The molecule has 0 spiro atoms. The summed E-state index contributed by atoms with van der Waals surface area (Å²) in [7, 11) is 0. The molecule has 2 rings (SSSR count). The fourth-order valence-corrected chi connectivity index (χ4v) is 1.80. The highest BCUT2D eigenvalue weighted by molar-refractivity contribution is 9.10. The Balaban J connectivity index is 2.22. The molecule has 90 valence electrons. The lowest BCUT2D eigenvalue weighted by molar-refractivity contribution is 0.101. The minimum Gasteiger partial charge on any atom is -0.322 e. The highest BCUT2D eigenvalue weighted by Gasteiger charge is 2.10. The smallest absolute Gasteiger partial charge is 0.256 e. The van der Waals surface area contributed by atoms with Crippen molar-refractivity contribution in [1.82, 2.24) is 0 Å². The molecule has 2 aromatic carbocycles. The van der Waals surface area contributed by atoms with Crippen molar-refractivity contribution in [2.45, 2.75) is 0 Å². The van der Waals surface area contributed by atoms with E-state index in [4.69, 9.17) is 0 Å². The molecule has 0 radical (unpaired) electrons. The largest absolute Gasteiger partial charge is 0.322 e. The van der Waals surface area contributed by atoms with E-state index >= 15 is 0 Å². The van der Waals surface area contributed by atoms with Gasteiger partial charge in [0.25, 0.3) is 5.91 Å². The topological polar surface area (TPSA) is 46.2 Å². The molecule has 0 saturated carbocycles. The van der Waals surface area contributed by atoms with Crippen LogP contribution in [0.4, 0.5) is 5.69 Å². The number of carbonyl (C=O) groups excluding carboxylic acids is 2. The molecule has 3 nitrogen and oxygen atoms in total. The number of hydrogen-bond acceptors (Lipinski definition) is 2. The van der Waals surface area contributed by atoms with Gasteiger partial charge in [0.1, 0.15) is 0 Å². The average molecular weight is 304 g/mol. The quantitative estimate of drug-likeness (QED) is 0.882. The summed E-state index contributed by atoms with van der Waals surface area (Å²) in [6.07, 6.45) is 0.677. The summed E-state index contributed by atoms with van der Waals surface area (Å²) in [6.45, 7) is 0. The van der Waals surface area contributed by atoms with E-state index in [-0.39, 0.29) is 5.91 Å². The second kappa shape index (κ2) is 5.60. The van der Waals surface area contributed by atoms with Crippen LogP contribution in [-0.2, 0) is 0 Å². The Labute approximate surface area is 113 Å². The predicted octanol–water partition coefficient (Wildman–Crippen LogP) is 3.51. The van der Waals surface area contributed by atoms with Crippen LogP contribution in [-0.4, -0.2) is 12.2 Å². The van der Waals surface area contributed by atoms with E-state index in [9.17, 15) is 9.59 Å². The van der Waals surface area contributed by atoms with Crippen LogP contribution in [0.1, 0.15) is 20.7 Å². The van der Waals surface area contributed by atoms with Crippen LogP contribution in [0.25, 0.3) is 0 Å². The van der Waals surface area contributed by atoms with Crippen LogP contribution in [0, 0.1) is 0 Å². The zero-order chi connectivity index (χ0) is 13.0. The van der Waals surface area contributed by atoms with E-state index in [0.717, 1.165) is 4.47 Å². The molecule has 0 atom stereocenters. The average Bonchev–Trinajstić information content (AvgIpc) is 2.41. The van der Waals surface area contributed by atoms with Crippen molar-refractivity contribution in [1.29, 1.82) is 0 Å². The van der Waals surface area contributed by atoms with Gasteiger partial charge in [0.2, 0.25) is 0 Å². The molecule has 4 heteroatoms. The third kappa shape index (κ3) is 2.84. The van der Waals surface area contributed by atoms with Crippen molar-refractivity contribution in [2.24, 2.45) is 0 Å². The zero-order valence-corrected chi connectivity index (χ0v) is 11.0. The summed E-state index contributed by atoms with van der Waals surface area (Å²) >= 11 is 3.32. The van der Waals surface area contributed by atoms with Crippen molar-refractivity contribution >= 4 is 33.8 Å². The van der Waals surface area contributed by atoms with E-state index in [0.29, 0.717) is 23.1 Å². The van der Waals surface area contributed by atoms with Crippen LogP contribution >= 0.6 is 15.9 Å². The SMILES string of the molecule is O=Cc1ccccc1C(=O)Nc1ccc(Br)cc1. The number of amides is 1. The minimum absolute atomic E-state index is 0.292. The van der Waals surface area contributed by atoms with Crippen LogP contribution in [0.3, 0.4) is 0 Å². The number of aldehydes is 1. The highest BCUT2D eigenvalue weighted by Crippen LogP contribution is 2.15. The normalized spacial score (nSPS) is 9.83. The number of halogens is 1. The standard InChI is InChI=1S/C14H10BrNO2/c15-11-5-7-12(8-6-11)16-14(18)13-4-2-1-3-10(13)9-17/h1-9H,(H,16,18). The maximum absolute atomic E-state index is 12.0. The first kappa shape index (κ1) is 12.5. The Morgan fingerprint density at radius 3 is 2.39 bits per heavy atom. The van der Waals surface area contributed by atoms with Gasteiger partial charge in [-0.15, -0.1) is 0 Å². The van der Waals surface area contributed by atoms with Crippen molar-refractivity contribution in [3.05, 3.63) is 64.1 Å². The molecule has 0 aliphatic rings. The first-order chi connectivity index (χ1) is 8.70. The lowest BCUT2D eigenvalue weighted by Gasteiger charge is -2.06. The third-order valence-corrected chi connectivity index (χ3v) is 2.96. The number of nitrogens with one attached hydrogen (secondary N) is 1. The number of hydrogen-bond donors (Lipinski definition) is 1. The van der Waals surface area contributed by atoms with E-state index in [1.165, 1.54) is 0 Å². The van der Waals surface area contributed by atoms with Crippen molar-refractivity contribution in [3.63, 3.8) is 0 Å². The van der Waals surface area contributed by atoms with E-state index in [2.05, 4.69) is 21.2 Å². The third-order valence-electron chi connectivity index (χ3n) is 2.43. The van der Waals surface area contributed by atoms with Crippen LogP contribution < -0.4 is 5.32 Å². The fourth-order valence-electron chi connectivity index (χ4n) is 1.54. The second-order valence-corrected chi connectivity index (χ2v) is 4.58. The minimum atomic E-state index is -0.292. The van der Waals surface area contributed by atoms with Gasteiger partial charge >= 0.3 is 0 Å². The molecule has 18 heavy (non-hydrogen) atoms. The van der Waals surface area contributed by atoms with Gasteiger partial charge in [-0.1, -0.05) is 34.1 Å². The second-order valence-electron chi connectivity index (χ2n) is 3.67. The monoisotopic (exact) mass is 303 g/mol. The van der Waals surface area contributed by atoms with Gasteiger partial charge in [0, 0.05) is 15.7 Å². The summed E-state index contributed by atoms with van der Waals surface area (Å²) in [5, 5.41) is 2.74. The first-order valence-corrected chi connectivity index (χ1v) is 6.11. The maximum atomic E-state index is 12.0. The Morgan fingerprint density at radius 1 is 1.06 bits per heavy atom. The Bertz CT molecular complexity index is 579. The lowest BCUT2D eigenvalue weighted by atomic mass is 10.1. The maximum Gasteiger partial charge on any atom is 0.256 e. The van der Waals surface area contributed by atoms with Gasteiger partial charge in [-0.3, -0.25) is 9.59 Å². The summed E-state index contributed by atoms with van der Waals surface area (Å²) in [4.78, 5) is 22.8. The molecule has 0 aliphatic heterocycles. The summed E-state index contributed by atoms with van der Waals surface area (Å²) in [5.41, 5.74) is 1.44. The van der Waals surface area contributed by atoms with Crippen LogP contribution in [0.5, 0.6) is 0 Å². The Morgan fingerprint density at radius 2 is 1.72 bits per heavy atom. The first-order valence-electron chi connectivity index (χ1n) is 5.32. The molecule has 2 aromatic rings. The van der Waals surface area contributed by atoms with Gasteiger partial charge in [-0.05, 0) is 30.3 Å². The van der Waals surface area contributed by atoms with Gasteiger partial charge in [0.15, 0.2) is 6.29 Å². The molecule has 1 amide bonds. The summed E-state index contributed by atoms with van der Waals surface area (Å²) < 4.78 is 0.939. The Kier molecular flexibility index (Phi) is 3.89. The van der Waals surface area contributed by atoms with E-state index < -0.39 is 0 Å². The fraction of sp³-hybridized carbons (Fsp3) is 0. The molecule has 0 saturated heterocycles. The molecule has 0 aromatic heterocycles. The number of carbonyl (C=O) groups is 2. The zero-order valence-electron chi connectivity index (χ0n) is 9.39. The van der Waals surface area contributed by atoms with Crippen molar-refractivity contribution in [3.8, 4) is 0 Å². The molecule has 0 fully saturated rings. The van der Waals surface area contributed by atoms with Gasteiger partial charge in [-0.25, -0.2) is 0 Å². The molecular formula is C14H10BrNO2. The van der Waals surface area contributed by atoms with Crippen LogP contribution in [0.2, 0.25) is 0 Å². The predicted molar refractivity (Wildman–Crippen MR) is 73.9 cm³/mol. The van der Waals surface area contributed by atoms with Gasteiger partial charge in [0.05, 0.1) is 5.56 Å². The lowest BCUT2D eigenvalue weighted by Crippen LogP contribution is -2.13. The molecule has 0 heterocycles. The number of rotatable bonds is 3. The number of anilines is 1. The number of benzene rings is 2. The van der Waals surface area contributed by atoms with Crippen molar-refractivity contribution < 1.29 is 9.59 Å². The molecule has 1 N–H and O–H groups in total. The van der Waals surface area contributed by atoms with Crippen LogP contribution in [0.15, 0.2) is 53.0 Å². The van der Waals surface area contributed by atoms with Gasteiger partial charge in [-0.2, -0.15) is 0 Å². The van der Waals surface area contributed by atoms with E-state index in [1.807, 2.05) is 12.1 Å². The summed E-state index contributed by atoms with van der Waals surface area (Å²) in [5.74, 6) is -0.292. The van der Waals surface area contributed by atoms with Crippen molar-refractivity contribution in [2.75, 3.05) is 5.32 Å². The van der Waals surface area contributed by atoms with Gasteiger partial charge < -0.3 is 5.32 Å². The molecular weight excluding hydrogens is 294 g/mol.